The van der Waals surface area contributed by atoms with Crippen LogP contribution in [0.3, 0.4) is 0 Å². The number of hydrogen-bond donors (Lipinski definition) is 1. The minimum Gasteiger partial charge on any atom is -0.350 e. The van der Waals surface area contributed by atoms with Crippen molar-refractivity contribution in [3.63, 3.8) is 0 Å². The molecule has 0 fully saturated rings. The molecule has 0 heterocycles. The quantitative estimate of drug-likeness (QED) is 0.913. The normalized spacial score (nSPS) is 10.3. The van der Waals surface area contributed by atoms with Gasteiger partial charge in [-0.25, -0.2) is 13.2 Å². The Morgan fingerprint density at radius 2 is 1.67 bits per heavy atom. The molecule has 1 N–H and O–H groups in total. The number of nitrogens with one attached hydrogen (secondary N) is 1. The molecule has 0 aliphatic heterocycles. The fourth-order valence-electron chi connectivity index (χ4n) is 2.04. The minimum atomic E-state index is -1.11. The highest BCUT2D eigenvalue weighted by molar-refractivity contribution is 5.97. The second kappa shape index (κ2) is 7.63. The molecule has 0 aliphatic carbocycles. The summed E-state index contributed by atoms with van der Waals surface area (Å²) < 4.78 is 39.1. The van der Waals surface area contributed by atoms with Gasteiger partial charge in [0, 0.05) is 25.2 Å². The molecule has 0 radical (unpaired) electrons. The van der Waals surface area contributed by atoms with E-state index in [1.165, 1.54) is 37.3 Å². The van der Waals surface area contributed by atoms with Gasteiger partial charge in [0.15, 0.2) is 11.6 Å². The van der Waals surface area contributed by atoms with Gasteiger partial charge in [-0.3, -0.25) is 9.59 Å². The van der Waals surface area contributed by atoms with E-state index in [9.17, 15) is 22.8 Å². The first kappa shape index (κ1) is 17.5. The standard InChI is InChI=1S/C17H15F3N2O2/c1-11(23)22(14-6-7-15(19)16(20)8-14)10-17(24)21-9-12-2-4-13(18)5-3-12/h2-8H,9-10H2,1H3,(H,21,24). The van der Waals surface area contributed by atoms with Crippen LogP contribution in [0.1, 0.15) is 12.5 Å². The van der Waals surface area contributed by atoms with Crippen LogP contribution in [-0.2, 0) is 16.1 Å². The molecule has 0 saturated heterocycles. The number of halogens is 3. The van der Waals surface area contributed by atoms with Crippen LogP contribution in [0.25, 0.3) is 0 Å². The predicted molar refractivity (Wildman–Crippen MR) is 82.6 cm³/mol. The van der Waals surface area contributed by atoms with Crippen LogP contribution in [0.2, 0.25) is 0 Å². The van der Waals surface area contributed by atoms with E-state index in [1.54, 1.807) is 0 Å². The second-order valence-electron chi connectivity index (χ2n) is 5.11. The molecule has 24 heavy (non-hydrogen) atoms. The van der Waals surface area contributed by atoms with Crippen molar-refractivity contribution in [2.75, 3.05) is 11.4 Å². The van der Waals surface area contributed by atoms with Crippen LogP contribution in [-0.4, -0.2) is 18.4 Å². The lowest BCUT2D eigenvalue weighted by Gasteiger charge is -2.20. The summed E-state index contributed by atoms with van der Waals surface area (Å²) in [6.07, 6.45) is 0. The number of rotatable bonds is 5. The van der Waals surface area contributed by atoms with Crippen LogP contribution >= 0.6 is 0 Å². The van der Waals surface area contributed by atoms with Gasteiger partial charge in [-0.2, -0.15) is 0 Å². The predicted octanol–water partition coefficient (Wildman–Crippen LogP) is 2.77. The molecule has 0 aliphatic rings. The number of nitrogens with zero attached hydrogens (tertiary/aromatic N) is 1. The molecule has 2 rings (SSSR count). The third-order valence-corrected chi connectivity index (χ3v) is 3.30. The van der Waals surface area contributed by atoms with Crippen LogP contribution in [0, 0.1) is 17.5 Å². The average Bonchev–Trinajstić information content (AvgIpc) is 2.54. The molecule has 126 valence electrons. The Bertz CT molecular complexity index is 748. The highest BCUT2D eigenvalue weighted by Crippen LogP contribution is 2.18. The third kappa shape index (κ3) is 4.58. The Morgan fingerprint density at radius 3 is 2.25 bits per heavy atom. The Balaban J connectivity index is 2.01. The smallest absolute Gasteiger partial charge is 0.240 e. The zero-order chi connectivity index (χ0) is 17.7. The van der Waals surface area contributed by atoms with E-state index >= 15 is 0 Å². The molecule has 0 unspecified atom stereocenters. The number of anilines is 1. The van der Waals surface area contributed by atoms with Crippen molar-refractivity contribution in [3.8, 4) is 0 Å². The Labute approximate surface area is 136 Å². The monoisotopic (exact) mass is 336 g/mol. The SMILES string of the molecule is CC(=O)N(CC(=O)NCc1ccc(F)cc1)c1ccc(F)c(F)c1. The Kier molecular flexibility index (Phi) is 5.57. The number of amides is 2. The van der Waals surface area contributed by atoms with Gasteiger partial charge in [0.1, 0.15) is 12.4 Å². The Morgan fingerprint density at radius 1 is 1.00 bits per heavy atom. The summed E-state index contributed by atoms with van der Waals surface area (Å²) in [6.45, 7) is 1.03. The number of carbonyl (C=O) groups is 2. The van der Waals surface area contributed by atoms with Gasteiger partial charge < -0.3 is 10.2 Å². The van der Waals surface area contributed by atoms with Crippen LogP contribution in [0.4, 0.5) is 18.9 Å². The van der Waals surface area contributed by atoms with Gasteiger partial charge >= 0.3 is 0 Å². The lowest BCUT2D eigenvalue weighted by molar-refractivity contribution is -0.123. The zero-order valence-corrected chi connectivity index (χ0v) is 12.9. The van der Waals surface area contributed by atoms with Crippen LogP contribution < -0.4 is 10.2 Å². The second-order valence-corrected chi connectivity index (χ2v) is 5.11. The lowest BCUT2D eigenvalue weighted by atomic mass is 10.2. The summed E-state index contributed by atoms with van der Waals surface area (Å²) in [5, 5.41) is 2.58. The molecule has 0 saturated carbocycles. The van der Waals surface area contributed by atoms with Crippen molar-refractivity contribution >= 4 is 17.5 Å². The maximum Gasteiger partial charge on any atom is 0.240 e. The molecule has 0 bridgehead atoms. The summed E-state index contributed by atoms with van der Waals surface area (Å²) >= 11 is 0. The van der Waals surface area contributed by atoms with Crippen molar-refractivity contribution in [2.45, 2.75) is 13.5 Å². The van der Waals surface area contributed by atoms with E-state index in [0.717, 1.165) is 17.0 Å². The zero-order valence-electron chi connectivity index (χ0n) is 12.9. The molecule has 2 aromatic rings. The van der Waals surface area contributed by atoms with Crippen molar-refractivity contribution in [2.24, 2.45) is 0 Å². The fraction of sp³-hybridized carbons (Fsp3) is 0.176. The van der Waals surface area contributed by atoms with Crippen molar-refractivity contribution < 1.29 is 22.8 Å². The van der Waals surface area contributed by atoms with Gasteiger partial charge in [0.25, 0.3) is 0 Å². The van der Waals surface area contributed by atoms with E-state index < -0.39 is 23.4 Å². The molecule has 2 amide bonds. The van der Waals surface area contributed by atoms with Gasteiger partial charge in [0.2, 0.25) is 11.8 Å². The van der Waals surface area contributed by atoms with Gasteiger partial charge in [0.05, 0.1) is 0 Å². The van der Waals surface area contributed by atoms with Crippen molar-refractivity contribution in [1.29, 1.82) is 0 Å². The van der Waals surface area contributed by atoms with Gasteiger partial charge in [-0.1, -0.05) is 12.1 Å². The Hall–Kier alpha value is -2.83. The maximum atomic E-state index is 13.3. The van der Waals surface area contributed by atoms with E-state index in [0.29, 0.717) is 5.56 Å². The van der Waals surface area contributed by atoms with Crippen molar-refractivity contribution in [3.05, 3.63) is 65.5 Å². The van der Waals surface area contributed by atoms with E-state index in [2.05, 4.69) is 5.32 Å². The summed E-state index contributed by atoms with van der Waals surface area (Å²) in [5.74, 6) is -3.50. The van der Waals surface area contributed by atoms with Gasteiger partial charge in [-0.05, 0) is 29.8 Å². The summed E-state index contributed by atoms with van der Waals surface area (Å²) in [4.78, 5) is 24.7. The summed E-state index contributed by atoms with van der Waals surface area (Å²) in [6, 6.07) is 8.53. The largest absolute Gasteiger partial charge is 0.350 e. The van der Waals surface area contributed by atoms with Gasteiger partial charge in [-0.15, -0.1) is 0 Å². The molecule has 7 heteroatoms. The molecule has 2 aromatic carbocycles. The highest BCUT2D eigenvalue weighted by Gasteiger charge is 2.17. The first-order valence-corrected chi connectivity index (χ1v) is 7.11. The van der Waals surface area contributed by atoms with Crippen molar-refractivity contribution in [1.82, 2.24) is 5.32 Å². The first-order chi connectivity index (χ1) is 11.4. The van der Waals surface area contributed by atoms with Crippen LogP contribution in [0.15, 0.2) is 42.5 Å². The number of benzene rings is 2. The van der Waals surface area contributed by atoms with E-state index in [-0.39, 0.29) is 24.6 Å². The molecule has 0 atom stereocenters. The molecule has 0 aromatic heterocycles. The maximum absolute atomic E-state index is 13.3. The van der Waals surface area contributed by atoms with Crippen LogP contribution in [0.5, 0.6) is 0 Å². The van der Waals surface area contributed by atoms with E-state index in [4.69, 9.17) is 0 Å². The average molecular weight is 336 g/mol. The third-order valence-electron chi connectivity index (χ3n) is 3.30. The molecular weight excluding hydrogens is 321 g/mol. The summed E-state index contributed by atoms with van der Waals surface area (Å²) in [7, 11) is 0. The highest BCUT2D eigenvalue weighted by atomic mass is 19.2. The lowest BCUT2D eigenvalue weighted by Crippen LogP contribution is -2.39. The topological polar surface area (TPSA) is 49.4 Å². The summed E-state index contributed by atoms with van der Waals surface area (Å²) in [5.41, 5.74) is 0.769. The number of carbonyl (C=O) groups excluding carboxylic acids is 2. The fourth-order valence-corrected chi connectivity index (χ4v) is 2.04. The molecule has 0 spiro atoms. The molecular formula is C17H15F3N2O2. The minimum absolute atomic E-state index is 0.0818. The molecule has 4 nitrogen and oxygen atoms in total. The first-order valence-electron chi connectivity index (χ1n) is 7.11. The van der Waals surface area contributed by atoms with E-state index in [1.807, 2.05) is 0 Å². The number of hydrogen-bond acceptors (Lipinski definition) is 2.